The first-order chi connectivity index (χ1) is 11.7. The molecule has 0 fully saturated rings. The third-order valence-electron chi connectivity index (χ3n) is 3.22. The molecule has 1 aromatic heterocycles. The molecule has 3 rings (SSSR count). The molecule has 122 valence electrons. The summed E-state index contributed by atoms with van der Waals surface area (Å²) in [6.07, 6.45) is 0. The van der Waals surface area contributed by atoms with E-state index < -0.39 is 0 Å². The molecule has 3 aromatic rings. The Morgan fingerprint density at radius 2 is 2.08 bits per heavy atom. The summed E-state index contributed by atoms with van der Waals surface area (Å²) in [5.41, 5.74) is 1.04. The third kappa shape index (κ3) is 3.60. The quantitative estimate of drug-likeness (QED) is 0.506. The maximum atomic E-state index is 13.3. The van der Waals surface area contributed by atoms with Crippen LogP contribution in [-0.4, -0.2) is 38.9 Å². The largest absolute Gasteiger partial charge is 0.497 e. The van der Waals surface area contributed by atoms with Gasteiger partial charge in [-0.15, -0.1) is 5.10 Å². The molecule has 8 heteroatoms. The number of carbonyl (C=O) groups excluding carboxylic acids is 1. The van der Waals surface area contributed by atoms with Gasteiger partial charge in [-0.1, -0.05) is 30.0 Å². The fraction of sp³-hybridized carbons (Fsp3) is 0.125. The van der Waals surface area contributed by atoms with E-state index in [1.807, 2.05) is 0 Å². The van der Waals surface area contributed by atoms with Gasteiger partial charge in [0.25, 0.3) is 0 Å². The van der Waals surface area contributed by atoms with Crippen LogP contribution in [0.25, 0.3) is 5.69 Å². The van der Waals surface area contributed by atoms with E-state index in [9.17, 15) is 9.18 Å². The van der Waals surface area contributed by atoms with Crippen LogP contribution < -0.4 is 4.74 Å². The highest BCUT2D eigenvalue weighted by Gasteiger charge is 2.13. The number of hydrogen-bond acceptors (Lipinski definition) is 6. The highest BCUT2D eigenvalue weighted by Crippen LogP contribution is 2.21. The Balaban J connectivity index is 1.73. The number of ether oxygens (including phenoxy) is 1. The molecule has 0 aliphatic carbocycles. The van der Waals surface area contributed by atoms with E-state index in [4.69, 9.17) is 4.74 Å². The molecule has 0 saturated heterocycles. The first-order valence-corrected chi connectivity index (χ1v) is 8.00. The average Bonchev–Trinajstić information content (AvgIpc) is 3.08. The highest BCUT2D eigenvalue weighted by atomic mass is 32.2. The zero-order chi connectivity index (χ0) is 16.9. The van der Waals surface area contributed by atoms with Crippen molar-refractivity contribution >= 4 is 17.5 Å². The topological polar surface area (TPSA) is 69.9 Å². The van der Waals surface area contributed by atoms with Crippen LogP contribution in [-0.2, 0) is 0 Å². The summed E-state index contributed by atoms with van der Waals surface area (Å²) in [5, 5.41) is 11.7. The van der Waals surface area contributed by atoms with E-state index in [0.717, 1.165) is 0 Å². The summed E-state index contributed by atoms with van der Waals surface area (Å²) in [6.45, 7) is 0. The van der Waals surface area contributed by atoms with E-state index in [1.54, 1.807) is 43.5 Å². The lowest BCUT2D eigenvalue weighted by molar-refractivity contribution is 0.102. The molecule has 1 heterocycles. The van der Waals surface area contributed by atoms with Crippen molar-refractivity contribution in [3.8, 4) is 11.4 Å². The zero-order valence-corrected chi connectivity index (χ0v) is 13.5. The first kappa shape index (κ1) is 16.1. The molecule has 0 aliphatic rings. The lowest BCUT2D eigenvalue weighted by Crippen LogP contribution is -2.05. The number of hydrogen-bond donors (Lipinski definition) is 0. The van der Waals surface area contributed by atoms with Gasteiger partial charge in [0, 0.05) is 5.56 Å². The molecule has 0 aliphatic heterocycles. The number of tetrazole rings is 1. The Hall–Kier alpha value is -2.74. The number of methoxy groups -OCH3 is 1. The Morgan fingerprint density at radius 3 is 2.88 bits per heavy atom. The second-order valence-corrected chi connectivity index (χ2v) is 5.74. The minimum atomic E-state index is -0.383. The lowest BCUT2D eigenvalue weighted by atomic mass is 10.1. The average molecular weight is 344 g/mol. The van der Waals surface area contributed by atoms with Crippen molar-refractivity contribution in [2.45, 2.75) is 5.16 Å². The van der Waals surface area contributed by atoms with Gasteiger partial charge in [0.2, 0.25) is 5.16 Å². The smallest absolute Gasteiger partial charge is 0.214 e. The molecule has 24 heavy (non-hydrogen) atoms. The number of nitrogens with zero attached hydrogens (tertiary/aromatic N) is 4. The predicted molar refractivity (Wildman–Crippen MR) is 87.2 cm³/mol. The number of thioether (sulfide) groups is 1. The molecule has 0 unspecified atom stereocenters. The Labute approximate surface area is 141 Å². The Morgan fingerprint density at radius 1 is 1.25 bits per heavy atom. The normalized spacial score (nSPS) is 10.6. The summed E-state index contributed by atoms with van der Waals surface area (Å²) in [4.78, 5) is 12.3. The molecular weight excluding hydrogens is 331 g/mol. The summed E-state index contributed by atoms with van der Waals surface area (Å²) in [5.74, 6) is 0.317. The van der Waals surface area contributed by atoms with Crippen molar-refractivity contribution < 1.29 is 13.9 Å². The fourth-order valence-corrected chi connectivity index (χ4v) is 2.83. The van der Waals surface area contributed by atoms with Crippen LogP contribution >= 0.6 is 11.8 Å². The van der Waals surface area contributed by atoms with Crippen molar-refractivity contribution in [2.75, 3.05) is 12.9 Å². The van der Waals surface area contributed by atoms with Crippen LogP contribution in [0, 0.1) is 5.82 Å². The molecular formula is C16H13FN4O2S. The van der Waals surface area contributed by atoms with Gasteiger partial charge >= 0.3 is 0 Å². The van der Waals surface area contributed by atoms with Crippen LogP contribution in [0.1, 0.15) is 10.4 Å². The fourth-order valence-electron chi connectivity index (χ4n) is 2.05. The van der Waals surface area contributed by atoms with E-state index in [2.05, 4.69) is 15.5 Å². The predicted octanol–water partition coefficient (Wildman–Crippen LogP) is 2.79. The molecule has 0 saturated carbocycles. The minimum Gasteiger partial charge on any atom is -0.497 e. The molecule has 0 N–H and O–H groups in total. The monoisotopic (exact) mass is 344 g/mol. The number of Topliss-reactive ketones (excluding diaryl/α,β-unsaturated/α-hetero) is 1. The van der Waals surface area contributed by atoms with Gasteiger partial charge < -0.3 is 4.74 Å². The Bertz CT molecular complexity index is 869. The highest BCUT2D eigenvalue weighted by molar-refractivity contribution is 7.99. The van der Waals surface area contributed by atoms with Crippen molar-refractivity contribution in [1.29, 1.82) is 0 Å². The van der Waals surface area contributed by atoms with Crippen LogP contribution in [0.3, 0.4) is 0 Å². The van der Waals surface area contributed by atoms with E-state index >= 15 is 0 Å². The number of benzene rings is 2. The molecule has 2 aromatic carbocycles. The van der Waals surface area contributed by atoms with E-state index in [-0.39, 0.29) is 17.4 Å². The summed E-state index contributed by atoms with van der Waals surface area (Å²) in [6, 6.07) is 12.9. The molecule has 0 amide bonds. The number of aromatic nitrogens is 4. The van der Waals surface area contributed by atoms with Crippen molar-refractivity contribution in [2.24, 2.45) is 0 Å². The van der Waals surface area contributed by atoms with Crippen LogP contribution in [0.15, 0.2) is 53.7 Å². The van der Waals surface area contributed by atoms with Gasteiger partial charge in [0.05, 0.1) is 18.6 Å². The van der Waals surface area contributed by atoms with Gasteiger partial charge in [-0.2, -0.15) is 4.68 Å². The SMILES string of the molecule is COc1cccc(C(=O)CSc2nnnn2-c2cccc(F)c2)c1. The maximum absolute atomic E-state index is 13.3. The van der Waals surface area contributed by atoms with E-state index in [0.29, 0.717) is 22.2 Å². The molecule has 0 atom stereocenters. The number of halogens is 1. The van der Waals surface area contributed by atoms with Crippen molar-refractivity contribution in [1.82, 2.24) is 20.2 Å². The van der Waals surface area contributed by atoms with Crippen LogP contribution in [0.5, 0.6) is 5.75 Å². The lowest BCUT2D eigenvalue weighted by Gasteiger charge is -2.05. The van der Waals surface area contributed by atoms with Gasteiger partial charge in [-0.25, -0.2) is 4.39 Å². The first-order valence-electron chi connectivity index (χ1n) is 7.02. The molecule has 0 radical (unpaired) electrons. The number of rotatable bonds is 6. The molecule has 0 bridgehead atoms. The maximum Gasteiger partial charge on any atom is 0.214 e. The summed E-state index contributed by atoms with van der Waals surface area (Å²) < 4.78 is 19.9. The molecule has 6 nitrogen and oxygen atoms in total. The third-order valence-corrected chi connectivity index (χ3v) is 4.14. The second kappa shape index (κ2) is 7.22. The zero-order valence-electron chi connectivity index (χ0n) is 12.7. The standard InChI is InChI=1S/C16H13FN4O2S/c1-23-14-7-2-4-11(8-14)15(22)10-24-16-18-19-20-21(16)13-6-3-5-12(17)9-13/h2-9H,10H2,1H3. The van der Waals surface area contributed by atoms with Gasteiger partial charge in [0.15, 0.2) is 5.78 Å². The Kier molecular flexibility index (Phi) is 4.85. The van der Waals surface area contributed by atoms with E-state index in [1.165, 1.54) is 28.6 Å². The van der Waals surface area contributed by atoms with Crippen LogP contribution in [0.2, 0.25) is 0 Å². The number of ketones is 1. The van der Waals surface area contributed by atoms with Gasteiger partial charge in [-0.05, 0) is 40.8 Å². The van der Waals surface area contributed by atoms with Crippen LogP contribution in [0.4, 0.5) is 4.39 Å². The summed E-state index contributed by atoms with van der Waals surface area (Å²) in [7, 11) is 1.55. The van der Waals surface area contributed by atoms with Gasteiger partial charge in [-0.3, -0.25) is 4.79 Å². The van der Waals surface area contributed by atoms with Crippen molar-refractivity contribution in [3.05, 3.63) is 59.9 Å². The van der Waals surface area contributed by atoms with Gasteiger partial charge in [0.1, 0.15) is 11.6 Å². The van der Waals surface area contributed by atoms with Crippen molar-refractivity contribution in [3.63, 3.8) is 0 Å². The molecule has 0 spiro atoms. The number of carbonyl (C=O) groups is 1. The second-order valence-electron chi connectivity index (χ2n) is 4.80. The summed E-state index contributed by atoms with van der Waals surface area (Å²) >= 11 is 1.18. The minimum absolute atomic E-state index is 0.0762.